The summed E-state index contributed by atoms with van der Waals surface area (Å²) in [6.07, 6.45) is 0. The summed E-state index contributed by atoms with van der Waals surface area (Å²) in [5.74, 6) is 0. The van der Waals surface area contributed by atoms with E-state index >= 15 is 0 Å². The van der Waals surface area contributed by atoms with Crippen molar-refractivity contribution in [2.24, 2.45) is 0 Å². The molecule has 0 aromatic carbocycles. The molecule has 0 fully saturated rings. The minimum atomic E-state index is -1.75. The summed E-state index contributed by atoms with van der Waals surface area (Å²) < 4.78 is 0. The van der Waals surface area contributed by atoms with Gasteiger partial charge in [-0.15, -0.1) is 0 Å². The van der Waals surface area contributed by atoms with Crippen LogP contribution in [0.25, 0.3) is 0 Å². The molecule has 24 heavy (non-hydrogen) atoms. The van der Waals surface area contributed by atoms with Crippen LogP contribution in [0.15, 0.2) is 0 Å². The maximum atomic E-state index is 8.25. The monoisotopic (exact) mass is 471 g/mol. The molecule has 0 amide bonds. The fraction of sp³-hybridized carbons (Fsp3) is 0. The summed E-state index contributed by atoms with van der Waals surface area (Å²) in [6, 6.07) is 0. The molecule has 12 N–H and O–H groups in total. The van der Waals surface area contributed by atoms with Crippen molar-refractivity contribution >= 4 is 0 Å². The Morgan fingerprint density at radius 1 is 0.375 bits per heavy atom. The molecule has 157 valence electrons. The minimum Gasteiger partial charge on any atom is -0.412 e. The Hall–Kier alpha value is -2.41. The second-order valence-electron chi connectivity index (χ2n) is 0.894. The molecule has 0 aliphatic rings. The second kappa shape index (κ2) is 85.9. The number of hydrogen-bond donors (Lipinski definition) is 0. The molecule has 0 aromatic rings. The van der Waals surface area contributed by atoms with E-state index in [1.807, 2.05) is 0 Å². The third-order valence-electron chi connectivity index (χ3n) is 0. The number of hydrogen-bond acceptors (Lipinski definition) is 12. The first-order valence-electron chi connectivity index (χ1n) is 2.19. The predicted octanol–water partition coefficient (Wildman–Crippen LogP) is -5.91. The molecule has 0 heterocycles. The Bertz CT molecular complexity index is 167. The van der Waals surface area contributed by atoms with Crippen molar-refractivity contribution in [2.45, 2.75) is 0 Å². The number of nitrogens with zero attached hydrogens (tertiary/aromatic N) is 4. The van der Waals surface area contributed by atoms with Gasteiger partial charge in [-0.25, -0.2) is 0 Å². The Morgan fingerprint density at radius 3 is 0.375 bits per heavy atom. The maximum absolute atomic E-state index is 8.25. The smallest absolute Gasteiger partial charge is 0.412 e. The van der Waals surface area contributed by atoms with Crippen molar-refractivity contribution in [1.29, 1.82) is 0 Å². The van der Waals surface area contributed by atoms with Gasteiger partial charge in [-0.3, -0.25) is 0 Å². The zero-order valence-electron chi connectivity index (χ0n) is 10.4. The van der Waals surface area contributed by atoms with Gasteiger partial charge in [0, 0.05) is 0 Å². The van der Waals surface area contributed by atoms with Crippen molar-refractivity contribution in [3.8, 4) is 0 Å². The molecule has 0 rings (SSSR count). The van der Waals surface area contributed by atoms with Gasteiger partial charge >= 0.3 is 33.8 Å². The van der Waals surface area contributed by atoms with Crippen LogP contribution in [-0.2, 0) is 33.8 Å². The second-order valence-corrected chi connectivity index (χ2v) is 0.894. The zero-order valence-corrected chi connectivity index (χ0v) is 12.5. The van der Waals surface area contributed by atoms with Crippen molar-refractivity contribution in [3.05, 3.63) is 61.3 Å². The molecular weight excluding hydrogens is 459 g/mol. The van der Waals surface area contributed by atoms with Gasteiger partial charge < -0.3 is 94.1 Å². The molecule has 0 aromatic heterocycles. The fourth-order valence-electron chi connectivity index (χ4n) is 0. The molecular formula is H12CoFeN4O18. The minimum absolute atomic E-state index is 0. The van der Waals surface area contributed by atoms with Crippen LogP contribution in [-0.4, -0.2) is 53.2 Å². The van der Waals surface area contributed by atoms with Crippen molar-refractivity contribution in [2.75, 3.05) is 0 Å². The number of rotatable bonds is 0. The topological polar surface area (TPSA) is 454 Å². The molecule has 22 nitrogen and oxygen atoms in total. The summed E-state index contributed by atoms with van der Waals surface area (Å²) >= 11 is 0. The molecule has 0 atom stereocenters. The Balaban J connectivity index is -0.00000000720. The largest absolute Gasteiger partial charge is 2.00 e. The molecule has 0 aliphatic heterocycles. The van der Waals surface area contributed by atoms with E-state index in [0.717, 1.165) is 0 Å². The van der Waals surface area contributed by atoms with E-state index in [-0.39, 0.29) is 66.7 Å². The van der Waals surface area contributed by atoms with Crippen molar-refractivity contribution in [1.82, 2.24) is 0 Å². The van der Waals surface area contributed by atoms with E-state index in [9.17, 15) is 0 Å². The van der Waals surface area contributed by atoms with Crippen molar-refractivity contribution < 1.29 is 87.1 Å². The standard InChI is InChI=1S/Co.Fe.4NO3.6H2O/c;;4*2-1(3)4;;;;;;/h;;;;;;6*1H2/q2*+2;4*-1;;;;;;. The van der Waals surface area contributed by atoms with Gasteiger partial charge in [0.15, 0.2) is 0 Å². The summed E-state index contributed by atoms with van der Waals surface area (Å²) in [4.78, 5) is 33.0. The van der Waals surface area contributed by atoms with E-state index in [1.54, 1.807) is 0 Å². The fourth-order valence-corrected chi connectivity index (χ4v) is 0. The summed E-state index contributed by atoms with van der Waals surface area (Å²) in [7, 11) is 0. The molecule has 0 saturated carbocycles. The van der Waals surface area contributed by atoms with Gasteiger partial charge in [0.1, 0.15) is 0 Å². The summed E-state index contributed by atoms with van der Waals surface area (Å²) in [5.41, 5.74) is 0. The van der Waals surface area contributed by atoms with Gasteiger partial charge in [-0.2, -0.15) is 0 Å². The van der Waals surface area contributed by atoms with E-state index in [1.165, 1.54) is 0 Å². The summed E-state index contributed by atoms with van der Waals surface area (Å²) in [5, 5.41) is 59.0. The third-order valence-corrected chi connectivity index (χ3v) is 0. The summed E-state index contributed by atoms with van der Waals surface area (Å²) in [6.45, 7) is 0. The van der Waals surface area contributed by atoms with Gasteiger partial charge in [0.2, 0.25) is 0 Å². The van der Waals surface area contributed by atoms with Crippen LogP contribution in [0.3, 0.4) is 0 Å². The van der Waals surface area contributed by atoms with Crippen LogP contribution < -0.4 is 0 Å². The Morgan fingerprint density at radius 2 is 0.375 bits per heavy atom. The average Bonchev–Trinajstić information content (AvgIpc) is 1.76. The first-order valence-corrected chi connectivity index (χ1v) is 2.19. The average molecular weight is 471 g/mol. The van der Waals surface area contributed by atoms with Gasteiger partial charge in [0.25, 0.3) is 0 Å². The van der Waals surface area contributed by atoms with Gasteiger partial charge in [0.05, 0.1) is 20.3 Å². The molecule has 24 heteroatoms. The molecule has 0 bridgehead atoms. The predicted molar refractivity (Wildman–Crippen MR) is 63.1 cm³/mol. The van der Waals surface area contributed by atoms with Crippen LogP contribution in [0.1, 0.15) is 0 Å². The maximum Gasteiger partial charge on any atom is 2.00 e. The third kappa shape index (κ3) is 1160. The van der Waals surface area contributed by atoms with Gasteiger partial charge in [-0.1, -0.05) is 0 Å². The van der Waals surface area contributed by atoms with E-state index in [0.29, 0.717) is 0 Å². The molecule has 0 saturated heterocycles. The molecule has 0 spiro atoms. The molecule has 0 unspecified atom stereocenters. The van der Waals surface area contributed by atoms with Crippen LogP contribution in [0.2, 0.25) is 0 Å². The van der Waals surface area contributed by atoms with E-state index in [2.05, 4.69) is 0 Å². The van der Waals surface area contributed by atoms with Crippen LogP contribution >= 0.6 is 0 Å². The van der Waals surface area contributed by atoms with Crippen LogP contribution in [0.4, 0.5) is 0 Å². The van der Waals surface area contributed by atoms with Crippen molar-refractivity contribution in [3.63, 3.8) is 0 Å². The zero-order chi connectivity index (χ0) is 14.3. The molecule has 1 radical (unpaired) electrons. The molecule has 0 aliphatic carbocycles. The first kappa shape index (κ1) is 99.6. The van der Waals surface area contributed by atoms with Crippen LogP contribution in [0, 0.1) is 61.3 Å². The quantitative estimate of drug-likeness (QED) is 0.181. The normalized spacial score (nSPS) is 4.00. The van der Waals surface area contributed by atoms with Crippen LogP contribution in [0.5, 0.6) is 0 Å². The van der Waals surface area contributed by atoms with E-state index < -0.39 is 20.3 Å². The van der Waals surface area contributed by atoms with E-state index in [4.69, 9.17) is 61.3 Å². The van der Waals surface area contributed by atoms with Gasteiger partial charge in [-0.05, 0) is 0 Å². The SMILES string of the molecule is O.O.O.O.O.O.O=[N+]([O-])[O-].O=[N+]([O-])[O-].O=[N+]([O-])[O-].O=[N+]([O-])[O-].[Co+2].[Fe+2]. The Kier molecular flexibility index (Phi) is 356. The Labute approximate surface area is 149 Å². The first-order chi connectivity index (χ1) is 6.93.